The van der Waals surface area contributed by atoms with Crippen LogP contribution in [0, 0.1) is 0 Å². The molecule has 0 bridgehead atoms. The average molecular weight is 309 g/mol. The number of thiazole rings is 1. The van der Waals surface area contributed by atoms with Crippen LogP contribution in [0.2, 0.25) is 0 Å². The quantitative estimate of drug-likeness (QED) is 0.824. The molecule has 0 atom stereocenters. The van der Waals surface area contributed by atoms with Gasteiger partial charge in [0.05, 0.1) is 11.3 Å². The fraction of sp³-hybridized carbons (Fsp3) is 0.167. The van der Waals surface area contributed by atoms with Gasteiger partial charge < -0.3 is 10.4 Å². The van der Waals surface area contributed by atoms with Crippen molar-refractivity contribution in [2.75, 3.05) is 5.32 Å². The Morgan fingerprint density at radius 2 is 2.30 bits per heavy atom. The number of hydrogen-bond donors (Lipinski definition) is 2. The normalized spacial score (nSPS) is 10.2. The summed E-state index contributed by atoms with van der Waals surface area (Å²) in [6.07, 6.45) is 1.55. The van der Waals surface area contributed by atoms with Crippen molar-refractivity contribution in [1.82, 2.24) is 9.97 Å². The van der Waals surface area contributed by atoms with Gasteiger partial charge in [-0.05, 0) is 12.1 Å². The van der Waals surface area contributed by atoms with Crippen LogP contribution in [0.25, 0.3) is 0 Å². The Hall–Kier alpha value is -1.93. The monoisotopic (exact) mass is 309 g/mol. The van der Waals surface area contributed by atoms with E-state index >= 15 is 0 Å². The number of aromatic nitrogens is 2. The molecular formula is C12H11N3O3S2. The van der Waals surface area contributed by atoms with Gasteiger partial charge in [-0.2, -0.15) is 0 Å². The molecule has 6 nitrogen and oxygen atoms in total. The number of carboxylic acids is 1. The summed E-state index contributed by atoms with van der Waals surface area (Å²) in [6.45, 7) is 1.42. The van der Waals surface area contributed by atoms with Crippen molar-refractivity contribution in [2.24, 2.45) is 0 Å². The molecule has 1 amide bonds. The van der Waals surface area contributed by atoms with Gasteiger partial charge in [0.1, 0.15) is 5.03 Å². The first-order valence-electron chi connectivity index (χ1n) is 5.59. The number of rotatable bonds is 5. The van der Waals surface area contributed by atoms with Crippen LogP contribution in [0.3, 0.4) is 0 Å². The van der Waals surface area contributed by atoms with E-state index in [9.17, 15) is 9.59 Å². The van der Waals surface area contributed by atoms with Crippen molar-refractivity contribution in [3.05, 3.63) is 35.0 Å². The van der Waals surface area contributed by atoms with Gasteiger partial charge in [-0.25, -0.2) is 14.8 Å². The Labute approximate surface area is 123 Å². The van der Waals surface area contributed by atoms with Crippen LogP contribution in [-0.2, 0) is 10.5 Å². The number of carboxylic acid groups (broad SMARTS) is 1. The number of pyridine rings is 1. The van der Waals surface area contributed by atoms with E-state index in [1.807, 2.05) is 5.38 Å². The number of anilines is 1. The third-order valence-electron chi connectivity index (χ3n) is 2.19. The lowest BCUT2D eigenvalue weighted by Crippen LogP contribution is -2.05. The fourth-order valence-electron chi connectivity index (χ4n) is 1.39. The van der Waals surface area contributed by atoms with E-state index in [2.05, 4.69) is 15.3 Å². The van der Waals surface area contributed by atoms with Crippen molar-refractivity contribution >= 4 is 40.1 Å². The van der Waals surface area contributed by atoms with Crippen LogP contribution in [0.15, 0.2) is 28.7 Å². The van der Waals surface area contributed by atoms with Crippen molar-refractivity contribution < 1.29 is 14.7 Å². The summed E-state index contributed by atoms with van der Waals surface area (Å²) in [5.74, 6) is -0.679. The standard InChI is InChI=1S/C12H11N3O3S2/c1-7(16)14-12-15-8(6-20-12)5-19-10-9(11(17)18)3-2-4-13-10/h2-4,6H,5H2,1H3,(H,17,18)(H,14,15,16). The van der Waals surface area contributed by atoms with Crippen LogP contribution >= 0.6 is 23.1 Å². The predicted octanol–water partition coefficient (Wildman–Crippen LogP) is 2.49. The van der Waals surface area contributed by atoms with Gasteiger partial charge in [-0.3, -0.25) is 4.79 Å². The number of hydrogen-bond acceptors (Lipinski definition) is 6. The molecule has 0 aliphatic rings. The first-order chi connectivity index (χ1) is 9.56. The molecule has 104 valence electrons. The number of aromatic carboxylic acids is 1. The van der Waals surface area contributed by atoms with Crippen molar-refractivity contribution in [3.63, 3.8) is 0 Å². The summed E-state index contributed by atoms with van der Waals surface area (Å²) in [7, 11) is 0. The van der Waals surface area contributed by atoms with Gasteiger partial charge in [-0.1, -0.05) is 11.8 Å². The molecule has 8 heteroatoms. The second-order valence-corrected chi connectivity index (χ2v) is 5.60. The molecule has 20 heavy (non-hydrogen) atoms. The van der Waals surface area contributed by atoms with Crippen LogP contribution < -0.4 is 5.32 Å². The van der Waals surface area contributed by atoms with Gasteiger partial charge in [0.15, 0.2) is 5.13 Å². The highest BCUT2D eigenvalue weighted by molar-refractivity contribution is 7.98. The highest BCUT2D eigenvalue weighted by Crippen LogP contribution is 2.26. The summed E-state index contributed by atoms with van der Waals surface area (Å²) in [5, 5.41) is 14.5. The van der Waals surface area contributed by atoms with Crippen LogP contribution in [0.5, 0.6) is 0 Å². The third kappa shape index (κ3) is 3.78. The number of nitrogens with zero attached hydrogens (tertiary/aromatic N) is 2. The molecule has 0 aliphatic carbocycles. The summed E-state index contributed by atoms with van der Waals surface area (Å²) in [4.78, 5) is 30.2. The highest BCUT2D eigenvalue weighted by atomic mass is 32.2. The summed E-state index contributed by atoms with van der Waals surface area (Å²) in [6, 6.07) is 3.10. The number of carbonyl (C=O) groups excluding carboxylic acids is 1. The molecule has 0 saturated carbocycles. The molecule has 0 radical (unpaired) electrons. The van der Waals surface area contributed by atoms with E-state index < -0.39 is 5.97 Å². The largest absolute Gasteiger partial charge is 0.478 e. The highest BCUT2D eigenvalue weighted by Gasteiger charge is 2.12. The zero-order valence-electron chi connectivity index (χ0n) is 10.5. The van der Waals surface area contributed by atoms with Crippen LogP contribution in [0.1, 0.15) is 23.0 Å². The topological polar surface area (TPSA) is 92.2 Å². The van der Waals surface area contributed by atoms with Gasteiger partial charge >= 0.3 is 5.97 Å². The van der Waals surface area contributed by atoms with E-state index in [0.717, 1.165) is 5.69 Å². The third-order valence-corrected chi connectivity index (χ3v) is 4.04. The smallest absolute Gasteiger partial charge is 0.338 e. The molecule has 0 spiro atoms. The van der Waals surface area contributed by atoms with Crippen LogP contribution in [-0.4, -0.2) is 27.0 Å². The lowest BCUT2D eigenvalue weighted by molar-refractivity contribution is -0.114. The number of amides is 1. The maximum absolute atomic E-state index is 11.0. The summed E-state index contributed by atoms with van der Waals surface area (Å²) >= 11 is 2.63. The summed E-state index contributed by atoms with van der Waals surface area (Å²) < 4.78 is 0. The number of carbonyl (C=O) groups is 2. The molecule has 2 rings (SSSR count). The molecule has 2 heterocycles. The molecule has 0 aliphatic heterocycles. The Bertz CT molecular complexity index is 642. The van der Waals surface area contributed by atoms with E-state index in [1.54, 1.807) is 12.3 Å². The zero-order valence-corrected chi connectivity index (χ0v) is 12.1. The van der Waals surface area contributed by atoms with Gasteiger partial charge in [0, 0.05) is 24.3 Å². The SMILES string of the molecule is CC(=O)Nc1nc(CSc2ncccc2C(=O)O)cs1. The van der Waals surface area contributed by atoms with Gasteiger partial charge in [0.25, 0.3) is 0 Å². The lowest BCUT2D eigenvalue weighted by atomic mass is 10.3. The Morgan fingerprint density at radius 1 is 1.50 bits per heavy atom. The van der Waals surface area contributed by atoms with E-state index in [4.69, 9.17) is 5.11 Å². The Morgan fingerprint density at radius 3 is 3.00 bits per heavy atom. The molecule has 0 unspecified atom stereocenters. The maximum atomic E-state index is 11.0. The van der Waals surface area contributed by atoms with Crippen LogP contribution in [0.4, 0.5) is 5.13 Å². The minimum Gasteiger partial charge on any atom is -0.478 e. The number of thioether (sulfide) groups is 1. The second-order valence-electron chi connectivity index (χ2n) is 3.78. The average Bonchev–Trinajstić information content (AvgIpc) is 2.83. The first-order valence-corrected chi connectivity index (χ1v) is 7.46. The molecule has 0 fully saturated rings. The van der Waals surface area contributed by atoms with E-state index in [-0.39, 0.29) is 11.5 Å². The second kappa shape index (κ2) is 6.49. The summed E-state index contributed by atoms with van der Waals surface area (Å²) in [5.41, 5.74) is 0.945. The van der Waals surface area contributed by atoms with Gasteiger partial charge in [0.2, 0.25) is 5.91 Å². The van der Waals surface area contributed by atoms with E-state index in [1.165, 1.54) is 36.1 Å². The van der Waals surface area contributed by atoms with E-state index in [0.29, 0.717) is 15.9 Å². The molecule has 2 aromatic rings. The predicted molar refractivity (Wildman–Crippen MR) is 77.2 cm³/mol. The fourth-order valence-corrected chi connectivity index (χ4v) is 3.13. The minimum absolute atomic E-state index is 0.170. The molecule has 0 saturated heterocycles. The zero-order chi connectivity index (χ0) is 14.5. The Balaban J connectivity index is 2.04. The molecule has 0 aromatic carbocycles. The van der Waals surface area contributed by atoms with Crippen molar-refractivity contribution in [2.45, 2.75) is 17.7 Å². The first kappa shape index (κ1) is 14.5. The van der Waals surface area contributed by atoms with Crippen molar-refractivity contribution in [1.29, 1.82) is 0 Å². The van der Waals surface area contributed by atoms with Gasteiger partial charge in [-0.15, -0.1) is 11.3 Å². The Kier molecular flexibility index (Phi) is 4.70. The van der Waals surface area contributed by atoms with Crippen molar-refractivity contribution in [3.8, 4) is 0 Å². The number of nitrogens with one attached hydrogen (secondary N) is 1. The molecule has 2 aromatic heterocycles. The maximum Gasteiger partial charge on any atom is 0.338 e. The minimum atomic E-state index is -1.00. The molecule has 2 N–H and O–H groups in total. The molecular weight excluding hydrogens is 298 g/mol. The lowest BCUT2D eigenvalue weighted by Gasteiger charge is -2.02.